The number of piperidine rings is 1. The minimum Gasteiger partial charge on any atom is -0.497 e. The standard InChI is InChI=1S/C26H33F2N3O3/c1-33-22-10-8-21(9-11-22)29-26(32)30-25-23(28)12-14-34-24(25)17-31-13-2-3-19(16-31)15-18-4-6-20(27)7-5-18/h4-11,19,23-25H,2-3,12-17H2,1H3,(H2,29,30,32)/t19?,23-,24+,25+/m0/s1. The summed E-state index contributed by atoms with van der Waals surface area (Å²) < 4.78 is 39.1. The number of urea groups is 1. The number of nitrogens with zero attached hydrogens (tertiary/aromatic N) is 1. The maximum atomic E-state index is 14.9. The van der Waals surface area contributed by atoms with E-state index in [9.17, 15) is 13.6 Å². The first-order valence-corrected chi connectivity index (χ1v) is 11.9. The number of halogens is 2. The number of methoxy groups -OCH3 is 1. The van der Waals surface area contributed by atoms with Gasteiger partial charge in [-0.25, -0.2) is 13.6 Å². The van der Waals surface area contributed by atoms with Crippen LogP contribution in [0.4, 0.5) is 19.3 Å². The molecule has 2 aliphatic rings. The second kappa shape index (κ2) is 11.6. The molecule has 0 aromatic heterocycles. The van der Waals surface area contributed by atoms with Crippen molar-refractivity contribution in [2.24, 2.45) is 5.92 Å². The fourth-order valence-electron chi connectivity index (χ4n) is 4.88. The molecule has 2 aromatic carbocycles. The Morgan fingerprint density at radius 3 is 2.65 bits per heavy atom. The molecule has 2 amide bonds. The van der Waals surface area contributed by atoms with Crippen LogP contribution in [0.2, 0.25) is 0 Å². The molecule has 2 aliphatic heterocycles. The molecule has 2 fully saturated rings. The van der Waals surface area contributed by atoms with E-state index in [-0.39, 0.29) is 12.2 Å². The minimum atomic E-state index is -1.17. The molecule has 0 aliphatic carbocycles. The van der Waals surface area contributed by atoms with Crippen LogP contribution in [0.1, 0.15) is 24.8 Å². The normalized spacial score (nSPS) is 25.5. The van der Waals surface area contributed by atoms with E-state index < -0.39 is 24.3 Å². The highest BCUT2D eigenvalue weighted by Gasteiger charge is 2.37. The maximum Gasteiger partial charge on any atom is 0.319 e. The number of carbonyl (C=O) groups excluding carboxylic acids is 1. The molecule has 8 heteroatoms. The second-order valence-corrected chi connectivity index (χ2v) is 9.17. The van der Waals surface area contributed by atoms with Gasteiger partial charge < -0.3 is 25.0 Å². The molecule has 34 heavy (non-hydrogen) atoms. The zero-order valence-electron chi connectivity index (χ0n) is 19.5. The van der Waals surface area contributed by atoms with Crippen LogP contribution in [0.15, 0.2) is 48.5 Å². The van der Waals surface area contributed by atoms with Gasteiger partial charge in [0.15, 0.2) is 0 Å². The summed E-state index contributed by atoms with van der Waals surface area (Å²) in [6, 6.07) is 12.5. The van der Waals surface area contributed by atoms with Crippen molar-refractivity contribution < 1.29 is 23.0 Å². The van der Waals surface area contributed by atoms with Crippen molar-refractivity contribution in [1.29, 1.82) is 0 Å². The van der Waals surface area contributed by atoms with E-state index in [1.54, 1.807) is 31.4 Å². The molecular formula is C26H33F2N3O3. The lowest BCUT2D eigenvalue weighted by molar-refractivity contribution is -0.0599. The van der Waals surface area contributed by atoms with E-state index in [0.29, 0.717) is 30.5 Å². The third-order valence-corrected chi connectivity index (χ3v) is 6.64. The summed E-state index contributed by atoms with van der Waals surface area (Å²) in [5.74, 6) is 0.919. The number of amides is 2. The Labute approximate surface area is 199 Å². The number of hydrogen-bond acceptors (Lipinski definition) is 4. The Balaban J connectivity index is 1.32. The summed E-state index contributed by atoms with van der Waals surface area (Å²) in [7, 11) is 1.58. The molecule has 4 rings (SSSR count). The van der Waals surface area contributed by atoms with Crippen LogP contribution < -0.4 is 15.4 Å². The van der Waals surface area contributed by atoms with Gasteiger partial charge in [0.1, 0.15) is 17.7 Å². The number of anilines is 1. The summed E-state index contributed by atoms with van der Waals surface area (Å²) in [4.78, 5) is 14.9. The third kappa shape index (κ3) is 6.67. The summed E-state index contributed by atoms with van der Waals surface area (Å²) in [5.41, 5.74) is 1.72. The minimum absolute atomic E-state index is 0.223. The molecule has 2 aromatic rings. The van der Waals surface area contributed by atoms with Crippen LogP contribution in [-0.2, 0) is 11.2 Å². The van der Waals surface area contributed by atoms with Crippen LogP contribution in [-0.4, -0.2) is 62.6 Å². The zero-order chi connectivity index (χ0) is 23.9. The summed E-state index contributed by atoms with van der Waals surface area (Å²) in [6.45, 7) is 2.70. The number of hydrogen-bond donors (Lipinski definition) is 2. The predicted octanol–water partition coefficient (Wildman–Crippen LogP) is 4.41. The Morgan fingerprint density at radius 1 is 1.15 bits per heavy atom. The van der Waals surface area contributed by atoms with E-state index in [1.807, 2.05) is 12.1 Å². The lowest BCUT2D eigenvalue weighted by atomic mass is 9.90. The number of nitrogens with one attached hydrogen (secondary N) is 2. The molecule has 0 saturated carbocycles. The predicted molar refractivity (Wildman–Crippen MR) is 127 cm³/mol. The molecule has 0 bridgehead atoms. The maximum absolute atomic E-state index is 14.9. The molecule has 0 radical (unpaired) electrons. The average Bonchev–Trinajstić information content (AvgIpc) is 2.83. The fraction of sp³-hybridized carbons (Fsp3) is 0.500. The van der Waals surface area contributed by atoms with Gasteiger partial charge in [-0.2, -0.15) is 0 Å². The van der Waals surface area contributed by atoms with Gasteiger partial charge in [-0.1, -0.05) is 12.1 Å². The number of rotatable bonds is 7. The van der Waals surface area contributed by atoms with Crippen LogP contribution in [0.3, 0.4) is 0 Å². The highest BCUT2D eigenvalue weighted by atomic mass is 19.1. The number of benzene rings is 2. The number of likely N-dealkylation sites (tertiary alicyclic amines) is 1. The van der Waals surface area contributed by atoms with Gasteiger partial charge in [-0.3, -0.25) is 0 Å². The first-order valence-electron chi connectivity index (χ1n) is 11.9. The molecule has 4 atom stereocenters. The van der Waals surface area contributed by atoms with E-state index in [4.69, 9.17) is 9.47 Å². The van der Waals surface area contributed by atoms with Gasteiger partial charge in [0.2, 0.25) is 0 Å². The monoisotopic (exact) mass is 473 g/mol. The van der Waals surface area contributed by atoms with Gasteiger partial charge in [0.05, 0.1) is 19.3 Å². The van der Waals surface area contributed by atoms with E-state index >= 15 is 0 Å². The summed E-state index contributed by atoms with van der Waals surface area (Å²) in [6.07, 6.45) is 1.72. The zero-order valence-corrected chi connectivity index (χ0v) is 19.5. The Bertz CT molecular complexity index is 926. The Morgan fingerprint density at radius 2 is 1.91 bits per heavy atom. The molecule has 0 spiro atoms. The highest BCUT2D eigenvalue weighted by Crippen LogP contribution is 2.25. The van der Waals surface area contributed by atoms with Crippen LogP contribution >= 0.6 is 0 Å². The van der Waals surface area contributed by atoms with Crippen molar-refractivity contribution in [3.8, 4) is 5.75 Å². The quantitative estimate of drug-likeness (QED) is 0.626. The number of ether oxygens (including phenoxy) is 2. The smallest absolute Gasteiger partial charge is 0.319 e. The molecule has 2 saturated heterocycles. The van der Waals surface area contributed by atoms with Gasteiger partial charge in [-0.15, -0.1) is 0 Å². The van der Waals surface area contributed by atoms with E-state index in [2.05, 4.69) is 15.5 Å². The molecular weight excluding hydrogens is 440 g/mol. The Hall–Kier alpha value is -2.71. The van der Waals surface area contributed by atoms with Crippen molar-refractivity contribution in [3.63, 3.8) is 0 Å². The van der Waals surface area contributed by atoms with Crippen molar-refractivity contribution in [1.82, 2.24) is 10.2 Å². The molecule has 2 N–H and O–H groups in total. The molecule has 6 nitrogen and oxygen atoms in total. The van der Waals surface area contributed by atoms with Crippen molar-refractivity contribution in [2.45, 2.75) is 44.0 Å². The fourth-order valence-corrected chi connectivity index (χ4v) is 4.88. The second-order valence-electron chi connectivity index (χ2n) is 9.17. The number of carbonyl (C=O) groups is 1. The van der Waals surface area contributed by atoms with Gasteiger partial charge in [-0.05, 0) is 73.7 Å². The van der Waals surface area contributed by atoms with E-state index in [0.717, 1.165) is 37.9 Å². The van der Waals surface area contributed by atoms with Crippen LogP contribution in [0.25, 0.3) is 0 Å². The molecule has 1 unspecified atom stereocenters. The first kappa shape index (κ1) is 24.4. The topological polar surface area (TPSA) is 62.8 Å². The van der Waals surface area contributed by atoms with Gasteiger partial charge in [0.25, 0.3) is 0 Å². The molecule has 184 valence electrons. The molecule has 2 heterocycles. The number of alkyl halides is 1. The lowest BCUT2D eigenvalue weighted by Crippen LogP contribution is -2.58. The van der Waals surface area contributed by atoms with Crippen molar-refractivity contribution in [3.05, 3.63) is 59.9 Å². The van der Waals surface area contributed by atoms with Gasteiger partial charge >= 0.3 is 6.03 Å². The van der Waals surface area contributed by atoms with Crippen molar-refractivity contribution in [2.75, 3.05) is 38.7 Å². The van der Waals surface area contributed by atoms with Crippen molar-refractivity contribution >= 4 is 11.7 Å². The largest absolute Gasteiger partial charge is 0.497 e. The average molecular weight is 474 g/mol. The summed E-state index contributed by atoms with van der Waals surface area (Å²) >= 11 is 0. The third-order valence-electron chi connectivity index (χ3n) is 6.64. The summed E-state index contributed by atoms with van der Waals surface area (Å²) in [5, 5.41) is 5.55. The van der Waals surface area contributed by atoms with Crippen LogP contribution in [0, 0.1) is 11.7 Å². The lowest BCUT2D eigenvalue weighted by Gasteiger charge is -2.40. The first-order chi connectivity index (χ1) is 16.5. The SMILES string of the molecule is COc1ccc(NC(=O)N[C@@H]2[C@@H](F)CCO[C@@H]2CN2CCCC(Cc3ccc(F)cc3)C2)cc1. The Kier molecular flexibility index (Phi) is 8.34. The van der Waals surface area contributed by atoms with Crippen LogP contribution in [0.5, 0.6) is 5.75 Å². The van der Waals surface area contributed by atoms with Gasteiger partial charge in [0, 0.05) is 31.8 Å². The van der Waals surface area contributed by atoms with E-state index in [1.165, 1.54) is 12.1 Å². The highest BCUT2D eigenvalue weighted by molar-refractivity contribution is 5.89.